The Labute approximate surface area is 161 Å². The molecule has 0 amide bonds. The summed E-state index contributed by atoms with van der Waals surface area (Å²) in [6.45, 7) is 0. The first-order valence-corrected chi connectivity index (χ1v) is 9.95. The summed E-state index contributed by atoms with van der Waals surface area (Å²) in [4.78, 5) is 17.1. The third kappa shape index (κ3) is 3.08. The molecule has 4 nitrogen and oxygen atoms in total. The van der Waals surface area contributed by atoms with Crippen molar-refractivity contribution in [2.75, 3.05) is 0 Å². The molecule has 0 atom stereocenters. The predicted octanol–water partition coefficient (Wildman–Crippen LogP) is 4.44. The molecule has 0 unspecified atom stereocenters. The molecular weight excluding hydrogens is 377 g/mol. The molecule has 0 aliphatic heterocycles. The smallest absolute Gasteiger partial charge is 0.208 e. The Balaban J connectivity index is 2.03. The minimum absolute atomic E-state index is 0.0192. The van der Waals surface area contributed by atoms with Crippen LogP contribution >= 0.6 is 0 Å². The van der Waals surface area contributed by atoms with E-state index in [-0.39, 0.29) is 15.4 Å². The number of nitrogens with zero attached hydrogens (tertiary/aromatic N) is 1. The van der Waals surface area contributed by atoms with Crippen LogP contribution in [-0.4, -0.2) is 19.2 Å². The summed E-state index contributed by atoms with van der Waals surface area (Å²) in [5.74, 6) is -0.987. The first kappa shape index (κ1) is 18.0. The maximum atomic E-state index is 13.4. The van der Waals surface area contributed by atoms with Crippen molar-refractivity contribution >= 4 is 26.5 Å². The second-order valence-electron chi connectivity index (χ2n) is 6.17. The zero-order valence-corrected chi connectivity index (χ0v) is 15.4. The number of fused-ring (bicyclic) bond motifs is 1. The van der Waals surface area contributed by atoms with Crippen LogP contribution in [0.5, 0.6) is 0 Å². The maximum absolute atomic E-state index is 13.4. The number of carbonyl (C=O) groups is 1. The molecule has 0 radical (unpaired) electrons. The molecule has 28 heavy (non-hydrogen) atoms. The van der Waals surface area contributed by atoms with Crippen molar-refractivity contribution in [1.82, 2.24) is 4.98 Å². The molecule has 4 aromatic rings. The number of aromatic nitrogens is 1. The van der Waals surface area contributed by atoms with Crippen LogP contribution in [0.15, 0.2) is 94.9 Å². The van der Waals surface area contributed by atoms with Crippen molar-refractivity contribution in [1.29, 1.82) is 0 Å². The number of para-hydroxylation sites is 1. The number of pyridine rings is 1. The molecule has 0 aliphatic rings. The lowest BCUT2D eigenvalue weighted by atomic mass is 10.0. The Kier molecular flexibility index (Phi) is 4.49. The van der Waals surface area contributed by atoms with E-state index in [2.05, 4.69) is 4.98 Å². The molecule has 0 saturated carbocycles. The predicted molar refractivity (Wildman–Crippen MR) is 103 cm³/mol. The van der Waals surface area contributed by atoms with Crippen molar-refractivity contribution < 1.29 is 17.6 Å². The molecule has 0 fully saturated rings. The van der Waals surface area contributed by atoms with E-state index < -0.39 is 21.4 Å². The van der Waals surface area contributed by atoms with Gasteiger partial charge >= 0.3 is 0 Å². The van der Waals surface area contributed by atoms with Gasteiger partial charge in [-0.3, -0.25) is 9.78 Å². The quantitative estimate of drug-likeness (QED) is 0.381. The van der Waals surface area contributed by atoms with Crippen LogP contribution in [0.1, 0.15) is 15.9 Å². The third-order valence-corrected chi connectivity index (χ3v) is 6.27. The fraction of sp³-hybridized carbons (Fsp3) is 0. The summed E-state index contributed by atoms with van der Waals surface area (Å²) < 4.78 is 40.1. The highest BCUT2D eigenvalue weighted by Crippen LogP contribution is 2.32. The van der Waals surface area contributed by atoms with Crippen molar-refractivity contribution in [3.63, 3.8) is 0 Å². The van der Waals surface area contributed by atoms with Gasteiger partial charge in [-0.2, -0.15) is 0 Å². The van der Waals surface area contributed by atoms with Gasteiger partial charge in [-0.05, 0) is 30.3 Å². The largest absolute Gasteiger partial charge is 0.289 e. The lowest BCUT2D eigenvalue weighted by Gasteiger charge is -2.13. The highest BCUT2D eigenvalue weighted by Gasteiger charge is 2.28. The van der Waals surface area contributed by atoms with Crippen LogP contribution in [0, 0.1) is 5.82 Å². The number of sulfone groups is 1. The summed E-state index contributed by atoms with van der Waals surface area (Å²) in [6.07, 6.45) is 1.29. The minimum atomic E-state index is -4.09. The van der Waals surface area contributed by atoms with Crippen LogP contribution in [-0.2, 0) is 9.84 Å². The number of halogens is 1. The SMILES string of the molecule is O=C(c1ccccc1)c1cnc2ccccc2c1S(=O)(=O)c1ccc(F)cc1. The molecule has 0 N–H and O–H groups in total. The van der Waals surface area contributed by atoms with Gasteiger partial charge in [0.2, 0.25) is 9.84 Å². The standard InChI is InChI=1S/C22H14FNO3S/c23-16-10-12-17(13-11-16)28(26,27)22-18-8-4-5-9-20(18)24-14-19(22)21(25)15-6-2-1-3-7-15/h1-14H. The van der Waals surface area contributed by atoms with Crippen molar-refractivity contribution in [2.45, 2.75) is 9.79 Å². The van der Waals surface area contributed by atoms with Crippen LogP contribution in [0.4, 0.5) is 4.39 Å². The second-order valence-corrected chi connectivity index (χ2v) is 8.06. The molecule has 0 aliphatic carbocycles. The van der Waals surface area contributed by atoms with E-state index in [0.29, 0.717) is 16.5 Å². The minimum Gasteiger partial charge on any atom is -0.289 e. The van der Waals surface area contributed by atoms with Gasteiger partial charge in [0.25, 0.3) is 0 Å². The normalized spacial score (nSPS) is 11.5. The van der Waals surface area contributed by atoms with E-state index in [1.54, 1.807) is 54.6 Å². The number of ketones is 1. The van der Waals surface area contributed by atoms with Gasteiger partial charge in [0.05, 0.1) is 20.9 Å². The number of hydrogen-bond donors (Lipinski definition) is 0. The Morgan fingerprint density at radius 1 is 0.821 bits per heavy atom. The number of hydrogen-bond acceptors (Lipinski definition) is 4. The van der Waals surface area contributed by atoms with Crippen molar-refractivity contribution in [2.24, 2.45) is 0 Å². The Hall–Kier alpha value is -3.38. The average Bonchev–Trinajstić information content (AvgIpc) is 2.73. The maximum Gasteiger partial charge on any atom is 0.208 e. The molecule has 0 spiro atoms. The fourth-order valence-electron chi connectivity index (χ4n) is 3.04. The molecule has 0 saturated heterocycles. The summed E-state index contributed by atoms with van der Waals surface area (Å²) in [5, 5.41) is 0.341. The molecule has 3 aromatic carbocycles. The molecule has 0 bridgehead atoms. The van der Waals surface area contributed by atoms with Gasteiger partial charge in [-0.15, -0.1) is 0 Å². The highest BCUT2D eigenvalue weighted by atomic mass is 32.2. The molecule has 1 heterocycles. The van der Waals surface area contributed by atoms with Gasteiger partial charge < -0.3 is 0 Å². The van der Waals surface area contributed by atoms with Gasteiger partial charge in [0.15, 0.2) is 5.78 Å². The zero-order valence-electron chi connectivity index (χ0n) is 14.5. The second kappa shape index (κ2) is 6.98. The van der Waals surface area contributed by atoms with Gasteiger partial charge in [0.1, 0.15) is 5.82 Å². The van der Waals surface area contributed by atoms with Gasteiger partial charge in [-0.1, -0.05) is 48.5 Å². The lowest BCUT2D eigenvalue weighted by molar-refractivity contribution is 0.103. The van der Waals surface area contributed by atoms with Crippen molar-refractivity contribution in [3.8, 4) is 0 Å². The molecule has 6 heteroatoms. The number of rotatable bonds is 4. The summed E-state index contributed by atoms with van der Waals surface area (Å²) in [6, 6.07) is 19.7. The van der Waals surface area contributed by atoms with Crippen LogP contribution in [0.3, 0.4) is 0 Å². The third-order valence-electron chi connectivity index (χ3n) is 4.40. The number of carbonyl (C=O) groups excluding carboxylic acids is 1. The summed E-state index contributed by atoms with van der Waals surface area (Å²) >= 11 is 0. The lowest BCUT2D eigenvalue weighted by Crippen LogP contribution is -2.12. The van der Waals surface area contributed by atoms with Crippen molar-refractivity contribution in [3.05, 3.63) is 102 Å². The summed E-state index contributed by atoms with van der Waals surface area (Å²) in [7, 11) is -4.09. The van der Waals surface area contributed by atoms with E-state index >= 15 is 0 Å². The monoisotopic (exact) mass is 391 g/mol. The van der Waals surface area contributed by atoms with E-state index in [4.69, 9.17) is 0 Å². The first-order valence-electron chi connectivity index (χ1n) is 8.46. The van der Waals surface area contributed by atoms with E-state index in [9.17, 15) is 17.6 Å². The highest BCUT2D eigenvalue weighted by molar-refractivity contribution is 7.91. The Morgan fingerprint density at radius 3 is 2.18 bits per heavy atom. The van der Waals surface area contributed by atoms with E-state index in [1.807, 2.05) is 0 Å². The molecular formula is C22H14FNO3S. The fourth-order valence-corrected chi connectivity index (χ4v) is 4.67. The molecule has 4 rings (SSSR count). The first-order chi connectivity index (χ1) is 13.5. The zero-order chi connectivity index (χ0) is 19.7. The summed E-state index contributed by atoms with van der Waals surface area (Å²) in [5.41, 5.74) is 0.789. The van der Waals surface area contributed by atoms with E-state index in [1.165, 1.54) is 18.3 Å². The van der Waals surface area contributed by atoms with Crippen LogP contribution < -0.4 is 0 Å². The van der Waals surface area contributed by atoms with E-state index in [0.717, 1.165) is 12.1 Å². The van der Waals surface area contributed by atoms with Gasteiger partial charge in [-0.25, -0.2) is 12.8 Å². The average molecular weight is 391 g/mol. The molecule has 1 aromatic heterocycles. The Morgan fingerprint density at radius 2 is 1.46 bits per heavy atom. The Bertz CT molecular complexity index is 1280. The molecule has 138 valence electrons. The van der Waals surface area contributed by atoms with Crippen LogP contribution in [0.2, 0.25) is 0 Å². The van der Waals surface area contributed by atoms with Crippen LogP contribution in [0.25, 0.3) is 10.9 Å². The number of benzene rings is 3. The topological polar surface area (TPSA) is 64.1 Å². The van der Waals surface area contributed by atoms with Gasteiger partial charge in [0, 0.05) is 17.1 Å².